The van der Waals surface area contributed by atoms with Crippen molar-refractivity contribution in [3.8, 4) is 0 Å². The topological polar surface area (TPSA) is 143 Å². The average molecular weight is 648 g/mol. The molecule has 2 rings (SSSR count). The lowest BCUT2D eigenvalue weighted by Crippen LogP contribution is -2.42. The molecule has 0 radical (unpaired) electrons. The number of nitrogens with one attached hydrogen (secondary N) is 1. The fourth-order valence-corrected chi connectivity index (χ4v) is 3.54. The molecule has 0 saturated carbocycles. The Labute approximate surface area is 197 Å². The number of aromatic amines is 1. The van der Waals surface area contributed by atoms with Gasteiger partial charge in [0.2, 0.25) is 0 Å². The van der Waals surface area contributed by atoms with Gasteiger partial charge in [-0.05, 0) is 26.7 Å². The molecular weight excluding hydrogens is 630 g/mol. The highest BCUT2D eigenvalue weighted by molar-refractivity contribution is 14.1. The highest BCUT2D eigenvalue weighted by atomic mass is 127. The van der Waals surface area contributed by atoms with Crippen LogP contribution in [0.2, 0.25) is 0 Å². The Hall–Kier alpha value is -1.75. The SMILES string of the molecule is CC(=O)OC[C@H]1O[C@@H](n2cc(C(I)=CI)c(=O)[nH]c2=O)[C@H](OC(C)=O)[C@@H]1OC(C)=O. The fourth-order valence-electron chi connectivity index (χ4n) is 2.82. The number of hydrogen-bond acceptors (Lipinski definition) is 9. The van der Waals surface area contributed by atoms with Crippen LogP contribution in [-0.2, 0) is 33.3 Å². The van der Waals surface area contributed by atoms with E-state index in [0.29, 0.717) is 3.58 Å². The summed E-state index contributed by atoms with van der Waals surface area (Å²) in [7, 11) is 0. The number of aromatic nitrogens is 2. The van der Waals surface area contributed by atoms with Crippen molar-refractivity contribution in [2.75, 3.05) is 6.61 Å². The highest BCUT2D eigenvalue weighted by Gasteiger charge is 2.51. The third-order valence-electron chi connectivity index (χ3n) is 3.94. The van der Waals surface area contributed by atoms with E-state index in [2.05, 4.69) is 4.98 Å². The number of ether oxygens (including phenoxy) is 4. The van der Waals surface area contributed by atoms with Crippen molar-refractivity contribution in [2.24, 2.45) is 0 Å². The van der Waals surface area contributed by atoms with Gasteiger partial charge in [-0.3, -0.25) is 28.7 Å². The summed E-state index contributed by atoms with van der Waals surface area (Å²) in [6, 6.07) is 0. The second-order valence-corrected chi connectivity index (χ2v) is 7.97. The molecule has 0 unspecified atom stereocenters. The van der Waals surface area contributed by atoms with Crippen LogP contribution in [0.15, 0.2) is 19.9 Å². The lowest BCUT2D eigenvalue weighted by molar-refractivity contribution is -0.166. The first kappa shape index (κ1) is 24.5. The number of carbonyl (C=O) groups excluding carboxylic acids is 3. The first-order chi connectivity index (χ1) is 14.0. The minimum atomic E-state index is -1.25. The third-order valence-corrected chi connectivity index (χ3v) is 6.64. The van der Waals surface area contributed by atoms with Crippen LogP contribution in [0.5, 0.6) is 0 Å². The van der Waals surface area contributed by atoms with Crippen LogP contribution in [0.4, 0.5) is 0 Å². The van der Waals surface area contributed by atoms with Gasteiger partial charge in [-0.1, -0.05) is 22.6 Å². The number of rotatable bonds is 6. The molecule has 1 fully saturated rings. The van der Waals surface area contributed by atoms with Gasteiger partial charge in [0.1, 0.15) is 12.7 Å². The molecule has 1 N–H and O–H groups in total. The van der Waals surface area contributed by atoms with E-state index in [4.69, 9.17) is 18.9 Å². The van der Waals surface area contributed by atoms with Gasteiger partial charge in [0.05, 0.1) is 5.56 Å². The van der Waals surface area contributed by atoms with Crippen LogP contribution < -0.4 is 11.2 Å². The summed E-state index contributed by atoms with van der Waals surface area (Å²) in [4.78, 5) is 61.3. The number of hydrogen-bond donors (Lipinski definition) is 1. The van der Waals surface area contributed by atoms with Gasteiger partial charge in [0, 0.05) is 30.5 Å². The first-order valence-electron chi connectivity index (χ1n) is 8.50. The fraction of sp³-hybridized carbons (Fsp3) is 0.471. The summed E-state index contributed by atoms with van der Waals surface area (Å²) in [6.07, 6.45) is -3.39. The second-order valence-electron chi connectivity index (χ2n) is 6.18. The Kier molecular flexibility index (Phi) is 8.60. The van der Waals surface area contributed by atoms with E-state index in [1.807, 2.05) is 45.2 Å². The molecule has 164 valence electrons. The number of H-pyrrole nitrogens is 1. The van der Waals surface area contributed by atoms with Crippen LogP contribution in [0, 0.1) is 0 Å². The Balaban J connectivity index is 2.56. The lowest BCUT2D eigenvalue weighted by atomic mass is 10.1. The van der Waals surface area contributed by atoms with Crippen LogP contribution in [0.3, 0.4) is 0 Å². The maximum Gasteiger partial charge on any atom is 0.330 e. The van der Waals surface area contributed by atoms with Crippen LogP contribution in [-0.4, -0.2) is 52.4 Å². The molecule has 1 aliphatic heterocycles. The normalized spacial score (nSPS) is 23.7. The second kappa shape index (κ2) is 10.5. The molecule has 0 aliphatic carbocycles. The van der Waals surface area contributed by atoms with Gasteiger partial charge >= 0.3 is 23.6 Å². The molecule has 13 heteroatoms. The van der Waals surface area contributed by atoms with Crippen molar-refractivity contribution in [3.05, 3.63) is 36.7 Å². The maximum absolute atomic E-state index is 12.5. The van der Waals surface area contributed by atoms with Gasteiger partial charge in [0.25, 0.3) is 5.56 Å². The smallest absolute Gasteiger partial charge is 0.330 e. The Bertz CT molecular complexity index is 984. The standard InChI is InChI=1S/C17H18I2N2O9/c1-7(22)27-6-12-13(28-8(2)23)14(29-9(3)24)16(30-12)21-5-10(11(19)4-18)15(25)20-17(21)26/h4-5,12-14,16H,6H2,1-3H3,(H,20,25,26)/t12-,13-,14-,16-/m1/s1. The van der Waals surface area contributed by atoms with E-state index in [1.54, 1.807) is 4.08 Å². The van der Waals surface area contributed by atoms with Gasteiger partial charge in [0.15, 0.2) is 18.4 Å². The van der Waals surface area contributed by atoms with Crippen molar-refractivity contribution < 1.29 is 33.3 Å². The minimum Gasteiger partial charge on any atom is -0.463 e. The van der Waals surface area contributed by atoms with E-state index >= 15 is 0 Å². The Morgan fingerprint density at radius 3 is 2.27 bits per heavy atom. The molecule has 4 atom stereocenters. The average Bonchev–Trinajstić information content (AvgIpc) is 2.95. The molecule has 0 bridgehead atoms. The number of nitrogens with zero attached hydrogens (tertiary/aromatic N) is 1. The molecule has 1 saturated heterocycles. The molecule has 1 aromatic heterocycles. The monoisotopic (exact) mass is 648 g/mol. The van der Waals surface area contributed by atoms with E-state index in [1.165, 1.54) is 13.1 Å². The predicted octanol–water partition coefficient (Wildman–Crippen LogP) is 1.03. The first-order valence-corrected chi connectivity index (χ1v) is 10.8. The van der Waals surface area contributed by atoms with Gasteiger partial charge in [-0.2, -0.15) is 0 Å². The summed E-state index contributed by atoms with van der Waals surface area (Å²) in [5.74, 6) is -2.00. The molecule has 1 aliphatic rings. The lowest BCUT2D eigenvalue weighted by Gasteiger charge is -2.24. The number of carbonyl (C=O) groups is 3. The van der Waals surface area contributed by atoms with Gasteiger partial charge in [-0.15, -0.1) is 0 Å². The zero-order valence-electron chi connectivity index (χ0n) is 16.0. The quantitative estimate of drug-likeness (QED) is 0.272. The highest BCUT2D eigenvalue weighted by Crippen LogP contribution is 2.34. The van der Waals surface area contributed by atoms with Gasteiger partial charge < -0.3 is 18.9 Å². The van der Waals surface area contributed by atoms with E-state index in [0.717, 1.165) is 18.4 Å². The summed E-state index contributed by atoms with van der Waals surface area (Å²) in [6.45, 7) is 3.18. The van der Waals surface area contributed by atoms with Gasteiger partial charge in [-0.25, -0.2) is 4.79 Å². The zero-order chi connectivity index (χ0) is 22.6. The predicted molar refractivity (Wildman–Crippen MR) is 119 cm³/mol. The Morgan fingerprint density at radius 1 is 1.13 bits per heavy atom. The van der Waals surface area contributed by atoms with Crippen molar-refractivity contribution in [1.82, 2.24) is 9.55 Å². The number of halogens is 2. The zero-order valence-corrected chi connectivity index (χ0v) is 20.4. The molecule has 0 amide bonds. The van der Waals surface area contributed by atoms with Crippen LogP contribution in [0.25, 0.3) is 3.58 Å². The molecular formula is C17H18I2N2O9. The van der Waals surface area contributed by atoms with Crippen LogP contribution >= 0.6 is 45.2 Å². The van der Waals surface area contributed by atoms with Crippen LogP contribution in [0.1, 0.15) is 32.6 Å². The molecule has 0 spiro atoms. The molecule has 0 aromatic carbocycles. The van der Waals surface area contributed by atoms with E-state index in [9.17, 15) is 24.0 Å². The summed E-state index contributed by atoms with van der Waals surface area (Å²) < 4.78 is 24.5. The molecule has 1 aromatic rings. The molecule has 2 heterocycles. The van der Waals surface area contributed by atoms with Crippen molar-refractivity contribution in [1.29, 1.82) is 0 Å². The van der Waals surface area contributed by atoms with Crippen molar-refractivity contribution in [3.63, 3.8) is 0 Å². The molecule has 30 heavy (non-hydrogen) atoms. The number of esters is 3. The van der Waals surface area contributed by atoms with Crippen molar-refractivity contribution in [2.45, 2.75) is 45.3 Å². The minimum absolute atomic E-state index is 0.183. The summed E-state index contributed by atoms with van der Waals surface area (Å²) in [5, 5.41) is 0. The van der Waals surface area contributed by atoms with E-state index < -0.39 is 53.7 Å². The largest absolute Gasteiger partial charge is 0.463 e. The Morgan fingerprint density at radius 2 is 1.73 bits per heavy atom. The summed E-state index contributed by atoms with van der Waals surface area (Å²) >= 11 is 3.87. The third kappa shape index (κ3) is 5.90. The molecule has 11 nitrogen and oxygen atoms in total. The maximum atomic E-state index is 12.5. The summed E-state index contributed by atoms with van der Waals surface area (Å²) in [5.41, 5.74) is -1.25. The van der Waals surface area contributed by atoms with Crippen molar-refractivity contribution >= 4 is 66.7 Å². The van der Waals surface area contributed by atoms with E-state index in [-0.39, 0.29) is 12.2 Å².